The number of likely N-dealkylation sites (tertiary alicyclic amines) is 1. The van der Waals surface area contributed by atoms with Crippen molar-refractivity contribution in [2.75, 3.05) is 13.1 Å². The zero-order valence-electron chi connectivity index (χ0n) is 14.7. The predicted molar refractivity (Wildman–Crippen MR) is 90.8 cm³/mol. The van der Waals surface area contributed by atoms with Crippen LogP contribution < -0.4 is 0 Å². The minimum atomic E-state index is -2.03. The number of ketones is 1. The summed E-state index contributed by atoms with van der Waals surface area (Å²) >= 11 is 0. The van der Waals surface area contributed by atoms with Gasteiger partial charge in [-0.1, -0.05) is 6.08 Å². The SMILES string of the molecule is O=C1CC[C@@]2(O)C3CC4C=CC(O)=C5O[C@]1(O)[C@]2(CCN3CC1CC1)C54. The van der Waals surface area contributed by atoms with Crippen molar-refractivity contribution in [3.63, 3.8) is 0 Å². The van der Waals surface area contributed by atoms with Crippen LogP contribution in [0, 0.1) is 23.2 Å². The monoisotopic (exact) mass is 359 g/mol. The summed E-state index contributed by atoms with van der Waals surface area (Å²) in [5.74, 6) is -1.63. The van der Waals surface area contributed by atoms with Crippen LogP contribution in [0.25, 0.3) is 0 Å². The number of Topliss-reactive ketones (excluding diaryl/α,β-unsaturated/α-hetero) is 1. The highest BCUT2D eigenvalue weighted by atomic mass is 16.6. The highest BCUT2D eigenvalue weighted by molar-refractivity contribution is 5.89. The Morgan fingerprint density at radius 1 is 1.27 bits per heavy atom. The first kappa shape index (κ1) is 15.7. The molecule has 3 saturated carbocycles. The van der Waals surface area contributed by atoms with Crippen molar-refractivity contribution in [3.8, 4) is 0 Å². The van der Waals surface area contributed by atoms with E-state index in [-0.39, 0.29) is 35.8 Å². The summed E-state index contributed by atoms with van der Waals surface area (Å²) in [5.41, 5.74) is -2.23. The number of carbonyl (C=O) groups excluding carboxylic acids is 1. The third-order valence-electron chi connectivity index (χ3n) is 8.21. The maximum absolute atomic E-state index is 12.8. The Labute approximate surface area is 152 Å². The van der Waals surface area contributed by atoms with Gasteiger partial charge in [-0.3, -0.25) is 9.69 Å². The van der Waals surface area contributed by atoms with Gasteiger partial charge in [0.15, 0.2) is 5.76 Å². The number of allylic oxidation sites excluding steroid dienone is 3. The van der Waals surface area contributed by atoms with Crippen molar-refractivity contribution >= 4 is 5.78 Å². The minimum Gasteiger partial charge on any atom is -0.504 e. The molecule has 3 N–H and O–H groups in total. The van der Waals surface area contributed by atoms with Crippen molar-refractivity contribution < 1.29 is 24.9 Å². The number of aliphatic hydroxyl groups excluding tert-OH is 1. The van der Waals surface area contributed by atoms with Crippen molar-refractivity contribution in [1.29, 1.82) is 0 Å². The Hall–Kier alpha value is -1.37. The van der Waals surface area contributed by atoms with Gasteiger partial charge < -0.3 is 20.1 Å². The number of rotatable bonds is 2. The minimum absolute atomic E-state index is 0.0162. The van der Waals surface area contributed by atoms with Gasteiger partial charge in [0.05, 0.1) is 11.0 Å². The molecule has 2 heterocycles. The maximum atomic E-state index is 12.8. The Bertz CT molecular complexity index is 772. The van der Waals surface area contributed by atoms with Crippen LogP contribution in [0.2, 0.25) is 0 Å². The van der Waals surface area contributed by atoms with Gasteiger partial charge in [0.2, 0.25) is 5.78 Å². The lowest BCUT2D eigenvalue weighted by atomic mass is 9.43. The molecule has 5 fully saturated rings. The lowest BCUT2D eigenvalue weighted by Gasteiger charge is -2.66. The molecule has 0 aromatic rings. The summed E-state index contributed by atoms with van der Waals surface area (Å²) in [6, 6.07) is -0.0782. The number of nitrogens with zero attached hydrogens (tertiary/aromatic N) is 1. The van der Waals surface area contributed by atoms with E-state index in [0.29, 0.717) is 18.6 Å². The van der Waals surface area contributed by atoms with E-state index < -0.39 is 16.8 Å². The van der Waals surface area contributed by atoms with Crippen LogP contribution in [0.5, 0.6) is 0 Å². The summed E-state index contributed by atoms with van der Waals surface area (Å²) in [5, 5.41) is 33.8. The van der Waals surface area contributed by atoms with Crippen molar-refractivity contribution in [1.82, 2.24) is 4.90 Å². The van der Waals surface area contributed by atoms with E-state index in [9.17, 15) is 20.1 Å². The zero-order chi connectivity index (χ0) is 17.9. The van der Waals surface area contributed by atoms with E-state index in [2.05, 4.69) is 4.90 Å². The predicted octanol–water partition coefficient (Wildman–Crippen LogP) is 1.25. The van der Waals surface area contributed by atoms with Crippen LogP contribution >= 0.6 is 0 Å². The van der Waals surface area contributed by atoms with Crippen LogP contribution in [0.3, 0.4) is 0 Å². The van der Waals surface area contributed by atoms with E-state index >= 15 is 0 Å². The Morgan fingerprint density at radius 2 is 2.08 bits per heavy atom. The maximum Gasteiger partial charge on any atom is 0.277 e. The summed E-state index contributed by atoms with van der Waals surface area (Å²) < 4.78 is 5.84. The number of carbonyl (C=O) groups is 1. The van der Waals surface area contributed by atoms with Crippen LogP contribution in [-0.2, 0) is 9.53 Å². The number of aliphatic hydroxyl groups is 3. The topological polar surface area (TPSA) is 90.2 Å². The molecular weight excluding hydrogens is 334 g/mol. The first-order valence-electron chi connectivity index (χ1n) is 9.93. The van der Waals surface area contributed by atoms with Crippen molar-refractivity contribution in [3.05, 3.63) is 23.7 Å². The summed E-state index contributed by atoms with van der Waals surface area (Å²) in [7, 11) is 0. The number of hydrogen-bond donors (Lipinski definition) is 3. The third-order valence-corrected chi connectivity index (χ3v) is 8.21. The first-order chi connectivity index (χ1) is 12.4. The van der Waals surface area contributed by atoms with Gasteiger partial charge in [-0.25, -0.2) is 0 Å². The largest absolute Gasteiger partial charge is 0.504 e. The number of ether oxygens (including phenoxy) is 1. The standard InChI is InChI=1S/C20H25NO5/c22-13-4-3-12-9-14-19(24)6-5-15(23)20(25)18(19,16(12)17(13)26-20)7-8-21(14)10-11-1-2-11/h3-4,11-12,14,16,22,24-25H,1-2,5-10H2/t12?,14?,16?,18-,19-,20+/m1/s1. The molecular formula is C20H25NO5. The molecule has 1 spiro atoms. The second-order valence-electron chi connectivity index (χ2n) is 9.25. The molecule has 4 aliphatic carbocycles. The van der Waals surface area contributed by atoms with E-state index in [1.54, 1.807) is 6.08 Å². The second-order valence-corrected chi connectivity index (χ2v) is 9.25. The Kier molecular flexibility index (Phi) is 2.74. The molecule has 0 aromatic heterocycles. The molecule has 6 rings (SSSR count). The fraction of sp³-hybridized carbons (Fsp3) is 0.750. The van der Waals surface area contributed by atoms with Crippen LogP contribution in [0.4, 0.5) is 0 Å². The molecule has 2 bridgehead atoms. The molecule has 6 aliphatic rings. The van der Waals surface area contributed by atoms with E-state index in [0.717, 1.165) is 25.4 Å². The summed E-state index contributed by atoms with van der Waals surface area (Å²) in [6.45, 7) is 1.74. The quantitative estimate of drug-likeness (QED) is 0.687. The molecule has 0 aromatic carbocycles. The van der Waals surface area contributed by atoms with Crippen LogP contribution in [0.1, 0.15) is 38.5 Å². The fourth-order valence-corrected chi connectivity index (χ4v) is 6.94. The first-order valence-corrected chi connectivity index (χ1v) is 9.93. The average molecular weight is 359 g/mol. The second kappa shape index (κ2) is 4.54. The van der Waals surface area contributed by atoms with Gasteiger partial charge in [0.1, 0.15) is 5.76 Å². The Morgan fingerprint density at radius 3 is 2.85 bits per heavy atom. The molecule has 6 nitrogen and oxygen atoms in total. The zero-order valence-corrected chi connectivity index (χ0v) is 14.7. The average Bonchev–Trinajstić information content (AvgIpc) is 3.36. The fourth-order valence-electron chi connectivity index (χ4n) is 6.94. The molecule has 6 heteroatoms. The van der Waals surface area contributed by atoms with Gasteiger partial charge in [0.25, 0.3) is 5.79 Å². The molecule has 6 atom stereocenters. The number of piperidine rings is 1. The molecule has 0 radical (unpaired) electrons. The number of hydrogen-bond acceptors (Lipinski definition) is 6. The summed E-state index contributed by atoms with van der Waals surface area (Å²) in [4.78, 5) is 15.2. The smallest absolute Gasteiger partial charge is 0.277 e. The lowest BCUT2D eigenvalue weighted by Crippen LogP contribution is -2.80. The highest BCUT2D eigenvalue weighted by Gasteiger charge is 2.83. The molecule has 140 valence electrons. The third kappa shape index (κ3) is 1.51. The molecule has 26 heavy (non-hydrogen) atoms. The van der Waals surface area contributed by atoms with E-state index in [4.69, 9.17) is 4.74 Å². The van der Waals surface area contributed by atoms with Gasteiger partial charge in [-0.05, 0) is 56.6 Å². The van der Waals surface area contributed by atoms with Crippen molar-refractivity contribution in [2.24, 2.45) is 23.2 Å². The lowest BCUT2D eigenvalue weighted by molar-refractivity contribution is -0.318. The van der Waals surface area contributed by atoms with E-state index in [1.165, 1.54) is 12.8 Å². The molecule has 3 unspecified atom stereocenters. The van der Waals surface area contributed by atoms with Gasteiger partial charge >= 0.3 is 0 Å². The molecule has 2 saturated heterocycles. The Balaban J connectivity index is 1.55. The van der Waals surface area contributed by atoms with Crippen LogP contribution in [-0.4, -0.2) is 56.5 Å². The molecule has 2 aliphatic heterocycles. The summed E-state index contributed by atoms with van der Waals surface area (Å²) in [6.07, 6.45) is 7.88. The highest BCUT2D eigenvalue weighted by Crippen LogP contribution is 2.72. The van der Waals surface area contributed by atoms with Crippen LogP contribution in [0.15, 0.2) is 23.7 Å². The van der Waals surface area contributed by atoms with Gasteiger partial charge in [-0.15, -0.1) is 0 Å². The normalized spacial score (nSPS) is 52.1. The van der Waals surface area contributed by atoms with Crippen molar-refractivity contribution in [2.45, 2.75) is 56.0 Å². The van der Waals surface area contributed by atoms with Gasteiger partial charge in [0, 0.05) is 24.9 Å². The molecule has 0 amide bonds. The van der Waals surface area contributed by atoms with E-state index in [1.807, 2.05) is 6.08 Å². The van der Waals surface area contributed by atoms with Gasteiger partial charge in [-0.2, -0.15) is 0 Å².